The Labute approximate surface area is 114 Å². The summed E-state index contributed by atoms with van der Waals surface area (Å²) < 4.78 is 23.0. The van der Waals surface area contributed by atoms with Crippen LogP contribution in [0.25, 0.3) is 0 Å². The lowest BCUT2D eigenvalue weighted by molar-refractivity contribution is -0.123. The number of amides is 1. The van der Waals surface area contributed by atoms with E-state index < -0.39 is 15.4 Å². The maximum atomic E-state index is 12.0. The third-order valence-corrected chi connectivity index (χ3v) is 5.97. The SMILES string of the molecule is CC1(NC(=O)CN2CCCC2CN)CCS(=O)(=O)C1. The molecule has 2 rings (SSSR count). The third-order valence-electron chi connectivity index (χ3n) is 4.06. The molecule has 0 aromatic rings. The van der Waals surface area contributed by atoms with Crippen LogP contribution >= 0.6 is 0 Å². The number of hydrogen-bond donors (Lipinski definition) is 2. The first-order valence-corrected chi connectivity index (χ1v) is 8.61. The summed E-state index contributed by atoms with van der Waals surface area (Å²) in [6.07, 6.45) is 2.61. The van der Waals surface area contributed by atoms with E-state index in [1.165, 1.54) is 0 Å². The zero-order valence-corrected chi connectivity index (χ0v) is 12.2. The van der Waals surface area contributed by atoms with Gasteiger partial charge in [-0.2, -0.15) is 0 Å². The molecule has 0 spiro atoms. The molecule has 0 aromatic carbocycles. The van der Waals surface area contributed by atoms with Crippen molar-refractivity contribution in [1.29, 1.82) is 0 Å². The molecular weight excluding hydrogens is 266 g/mol. The maximum absolute atomic E-state index is 12.0. The molecule has 0 radical (unpaired) electrons. The van der Waals surface area contributed by atoms with Gasteiger partial charge in [0, 0.05) is 12.6 Å². The number of nitrogens with one attached hydrogen (secondary N) is 1. The second kappa shape index (κ2) is 5.38. The summed E-state index contributed by atoms with van der Waals surface area (Å²) in [5, 5.41) is 2.88. The number of carbonyl (C=O) groups excluding carboxylic acids is 1. The average Bonchev–Trinajstić information content (AvgIpc) is 2.82. The molecule has 2 saturated heterocycles. The van der Waals surface area contributed by atoms with Crippen LogP contribution in [0.3, 0.4) is 0 Å². The van der Waals surface area contributed by atoms with Crippen LogP contribution in [0, 0.1) is 0 Å². The van der Waals surface area contributed by atoms with E-state index in [0.717, 1.165) is 19.4 Å². The van der Waals surface area contributed by atoms with E-state index in [4.69, 9.17) is 5.73 Å². The minimum atomic E-state index is -2.99. The molecule has 6 nitrogen and oxygen atoms in total. The maximum Gasteiger partial charge on any atom is 0.234 e. The smallest absolute Gasteiger partial charge is 0.234 e. The van der Waals surface area contributed by atoms with Crippen molar-refractivity contribution in [3.8, 4) is 0 Å². The predicted octanol–water partition coefficient (Wildman–Crippen LogP) is -0.897. The highest BCUT2D eigenvalue weighted by Gasteiger charge is 2.39. The largest absolute Gasteiger partial charge is 0.349 e. The van der Waals surface area contributed by atoms with Crippen molar-refractivity contribution in [2.45, 2.75) is 37.8 Å². The lowest BCUT2D eigenvalue weighted by atomic mass is 10.0. The van der Waals surface area contributed by atoms with Gasteiger partial charge in [0.05, 0.1) is 23.6 Å². The summed E-state index contributed by atoms with van der Waals surface area (Å²) in [4.78, 5) is 14.1. The van der Waals surface area contributed by atoms with Gasteiger partial charge in [-0.25, -0.2) is 8.42 Å². The topological polar surface area (TPSA) is 92.5 Å². The minimum absolute atomic E-state index is 0.0477. The molecule has 0 bridgehead atoms. The second-order valence-corrected chi connectivity index (χ2v) is 8.14. The van der Waals surface area contributed by atoms with Crippen LogP contribution in [0.5, 0.6) is 0 Å². The second-order valence-electron chi connectivity index (χ2n) is 5.95. The number of nitrogens with zero attached hydrogens (tertiary/aromatic N) is 1. The van der Waals surface area contributed by atoms with Crippen LogP contribution in [0.1, 0.15) is 26.2 Å². The summed E-state index contributed by atoms with van der Waals surface area (Å²) in [6.45, 7) is 3.58. The van der Waals surface area contributed by atoms with Crippen molar-refractivity contribution in [3.63, 3.8) is 0 Å². The Morgan fingerprint density at radius 3 is 2.84 bits per heavy atom. The zero-order chi connectivity index (χ0) is 14.1. The molecule has 3 N–H and O–H groups in total. The Bertz CT molecular complexity index is 451. The number of nitrogens with two attached hydrogens (primary N) is 1. The van der Waals surface area contributed by atoms with E-state index in [2.05, 4.69) is 10.2 Å². The Hall–Kier alpha value is -0.660. The van der Waals surface area contributed by atoms with Gasteiger partial charge >= 0.3 is 0 Å². The fourth-order valence-corrected chi connectivity index (χ4v) is 5.13. The normalized spacial score (nSPS) is 34.5. The monoisotopic (exact) mass is 289 g/mol. The Morgan fingerprint density at radius 1 is 1.53 bits per heavy atom. The van der Waals surface area contributed by atoms with Gasteiger partial charge in [0.15, 0.2) is 9.84 Å². The molecule has 0 saturated carbocycles. The third kappa shape index (κ3) is 3.67. The van der Waals surface area contributed by atoms with Gasteiger partial charge in [-0.1, -0.05) is 0 Å². The highest BCUT2D eigenvalue weighted by Crippen LogP contribution is 2.23. The van der Waals surface area contributed by atoms with Gasteiger partial charge in [-0.05, 0) is 32.7 Å². The lowest BCUT2D eigenvalue weighted by Gasteiger charge is -2.27. The minimum Gasteiger partial charge on any atom is -0.349 e. The molecule has 7 heteroatoms. The van der Waals surface area contributed by atoms with Gasteiger partial charge in [0.25, 0.3) is 0 Å². The molecule has 1 amide bonds. The van der Waals surface area contributed by atoms with Gasteiger partial charge in [0.1, 0.15) is 0 Å². The Morgan fingerprint density at radius 2 is 2.26 bits per heavy atom. The van der Waals surface area contributed by atoms with Crippen molar-refractivity contribution in [3.05, 3.63) is 0 Å². The van der Waals surface area contributed by atoms with Gasteiger partial charge < -0.3 is 11.1 Å². The molecule has 110 valence electrons. The van der Waals surface area contributed by atoms with E-state index in [-0.39, 0.29) is 23.5 Å². The Balaban J connectivity index is 1.88. The van der Waals surface area contributed by atoms with Crippen LogP contribution in [0.4, 0.5) is 0 Å². The summed E-state index contributed by atoms with van der Waals surface area (Å²) in [5.41, 5.74) is 5.07. The molecule has 2 aliphatic rings. The van der Waals surface area contributed by atoms with E-state index in [1.807, 2.05) is 0 Å². The van der Waals surface area contributed by atoms with Crippen molar-refractivity contribution in [2.75, 3.05) is 31.1 Å². The molecule has 2 unspecified atom stereocenters. The molecule has 2 aliphatic heterocycles. The first-order chi connectivity index (χ1) is 8.84. The van der Waals surface area contributed by atoms with E-state index in [9.17, 15) is 13.2 Å². The number of rotatable bonds is 4. The number of hydrogen-bond acceptors (Lipinski definition) is 5. The highest BCUT2D eigenvalue weighted by atomic mass is 32.2. The van der Waals surface area contributed by atoms with Crippen LogP contribution in [-0.2, 0) is 14.6 Å². The Kier molecular flexibility index (Phi) is 4.17. The quantitative estimate of drug-likeness (QED) is 0.700. The van der Waals surface area contributed by atoms with Gasteiger partial charge in [0.2, 0.25) is 5.91 Å². The van der Waals surface area contributed by atoms with Crippen LogP contribution in [0.2, 0.25) is 0 Å². The van der Waals surface area contributed by atoms with Crippen LogP contribution in [-0.4, -0.2) is 61.9 Å². The molecule has 0 aliphatic carbocycles. The van der Waals surface area contributed by atoms with Crippen molar-refractivity contribution < 1.29 is 13.2 Å². The van der Waals surface area contributed by atoms with E-state index >= 15 is 0 Å². The summed E-state index contributed by atoms with van der Waals surface area (Å²) in [5.74, 6) is 0.116. The first-order valence-electron chi connectivity index (χ1n) is 6.79. The van der Waals surface area contributed by atoms with E-state index in [0.29, 0.717) is 19.5 Å². The highest BCUT2D eigenvalue weighted by molar-refractivity contribution is 7.91. The van der Waals surface area contributed by atoms with Crippen molar-refractivity contribution in [2.24, 2.45) is 5.73 Å². The van der Waals surface area contributed by atoms with Crippen LogP contribution < -0.4 is 11.1 Å². The van der Waals surface area contributed by atoms with Crippen molar-refractivity contribution >= 4 is 15.7 Å². The fraction of sp³-hybridized carbons (Fsp3) is 0.917. The van der Waals surface area contributed by atoms with Gasteiger partial charge in [-0.3, -0.25) is 9.69 Å². The lowest BCUT2D eigenvalue weighted by Crippen LogP contribution is -2.51. The standard InChI is InChI=1S/C12H23N3O3S/c1-12(4-6-19(17,18)9-12)14-11(16)8-15-5-2-3-10(15)7-13/h10H,2-9,13H2,1H3,(H,14,16). The van der Waals surface area contributed by atoms with Crippen LogP contribution in [0.15, 0.2) is 0 Å². The number of likely N-dealkylation sites (tertiary alicyclic amines) is 1. The first kappa shape index (κ1) is 14.7. The zero-order valence-electron chi connectivity index (χ0n) is 11.4. The van der Waals surface area contributed by atoms with E-state index in [1.54, 1.807) is 6.92 Å². The number of sulfone groups is 1. The molecule has 2 atom stereocenters. The molecule has 0 aromatic heterocycles. The van der Waals surface area contributed by atoms with Gasteiger partial charge in [-0.15, -0.1) is 0 Å². The summed E-state index contributed by atoms with van der Waals surface area (Å²) in [6, 6.07) is 0.283. The molecular formula is C12H23N3O3S. The summed E-state index contributed by atoms with van der Waals surface area (Å²) in [7, 11) is -2.99. The van der Waals surface area contributed by atoms with Crippen molar-refractivity contribution in [1.82, 2.24) is 10.2 Å². The number of carbonyl (C=O) groups is 1. The summed E-state index contributed by atoms with van der Waals surface area (Å²) >= 11 is 0. The predicted molar refractivity (Wildman–Crippen MR) is 73.5 cm³/mol. The molecule has 2 fully saturated rings. The molecule has 19 heavy (non-hydrogen) atoms. The molecule has 2 heterocycles. The average molecular weight is 289 g/mol. The fourth-order valence-electron chi connectivity index (χ4n) is 3.04.